The van der Waals surface area contributed by atoms with Gasteiger partial charge in [0.2, 0.25) is 5.91 Å². The fourth-order valence-corrected chi connectivity index (χ4v) is 5.35. The molecular formula is C19H23Cl2N3O2S2. The molecule has 0 bridgehead atoms. The number of thioether (sulfide) groups is 1. The molecule has 2 aromatic rings. The van der Waals surface area contributed by atoms with Gasteiger partial charge in [-0.05, 0) is 55.5 Å². The van der Waals surface area contributed by atoms with Gasteiger partial charge in [0, 0.05) is 34.3 Å². The number of likely N-dealkylation sites (N-methyl/N-ethyl adjacent to an activating group) is 1. The zero-order valence-electron chi connectivity index (χ0n) is 15.5. The van der Waals surface area contributed by atoms with E-state index in [0.29, 0.717) is 22.0 Å². The highest BCUT2D eigenvalue weighted by Crippen LogP contribution is 2.36. The summed E-state index contributed by atoms with van der Waals surface area (Å²) in [6.45, 7) is 1.67. The minimum absolute atomic E-state index is 0. The van der Waals surface area contributed by atoms with Crippen molar-refractivity contribution in [3.8, 4) is 0 Å². The SMILES string of the molecule is CN1CCc2c(sc(NC(=O)CCCSc3ccc(Cl)cc3)c2C(N)=O)C1.Cl. The Kier molecular flexibility index (Phi) is 8.64. The van der Waals surface area contributed by atoms with Gasteiger partial charge in [0.15, 0.2) is 0 Å². The molecule has 0 radical (unpaired) electrons. The number of benzene rings is 1. The van der Waals surface area contributed by atoms with E-state index in [4.69, 9.17) is 17.3 Å². The van der Waals surface area contributed by atoms with Crippen LogP contribution >= 0.6 is 47.1 Å². The smallest absolute Gasteiger partial charge is 0.251 e. The van der Waals surface area contributed by atoms with Gasteiger partial charge in [0.1, 0.15) is 5.00 Å². The van der Waals surface area contributed by atoms with E-state index in [2.05, 4.69) is 10.2 Å². The second kappa shape index (κ2) is 10.5. The molecule has 0 fully saturated rings. The van der Waals surface area contributed by atoms with Crippen LogP contribution in [0.5, 0.6) is 0 Å². The van der Waals surface area contributed by atoms with E-state index < -0.39 is 5.91 Å². The molecule has 1 aromatic heterocycles. The fourth-order valence-electron chi connectivity index (χ4n) is 3.02. The quantitative estimate of drug-likeness (QED) is 0.474. The van der Waals surface area contributed by atoms with Crippen LogP contribution in [0.1, 0.15) is 33.6 Å². The monoisotopic (exact) mass is 459 g/mol. The van der Waals surface area contributed by atoms with Gasteiger partial charge in [0.05, 0.1) is 5.56 Å². The van der Waals surface area contributed by atoms with Gasteiger partial charge < -0.3 is 16.0 Å². The van der Waals surface area contributed by atoms with Crippen LogP contribution in [-0.4, -0.2) is 36.1 Å². The van der Waals surface area contributed by atoms with Crippen LogP contribution in [0, 0.1) is 0 Å². The molecule has 0 unspecified atom stereocenters. The van der Waals surface area contributed by atoms with E-state index in [1.165, 1.54) is 11.3 Å². The maximum absolute atomic E-state index is 12.3. The summed E-state index contributed by atoms with van der Waals surface area (Å²) in [7, 11) is 2.04. The lowest BCUT2D eigenvalue weighted by atomic mass is 10.0. The molecule has 0 spiro atoms. The number of carbonyl (C=O) groups excluding carboxylic acids is 2. The average Bonchev–Trinajstić information content (AvgIpc) is 2.97. The molecule has 5 nitrogen and oxygen atoms in total. The van der Waals surface area contributed by atoms with E-state index in [1.807, 2.05) is 31.3 Å². The Bertz CT molecular complexity index is 840. The van der Waals surface area contributed by atoms with Crippen molar-refractivity contribution in [1.29, 1.82) is 0 Å². The Hall–Kier alpha value is -1.25. The Labute approximate surface area is 184 Å². The van der Waals surface area contributed by atoms with Crippen molar-refractivity contribution >= 4 is 63.9 Å². The molecule has 2 amide bonds. The van der Waals surface area contributed by atoms with Crippen LogP contribution < -0.4 is 11.1 Å². The number of thiophene rings is 1. The number of primary amides is 1. The molecule has 28 heavy (non-hydrogen) atoms. The summed E-state index contributed by atoms with van der Waals surface area (Å²) in [5, 5.41) is 4.22. The van der Waals surface area contributed by atoms with Gasteiger partial charge in [-0.1, -0.05) is 11.6 Å². The second-order valence-electron chi connectivity index (χ2n) is 6.51. The lowest BCUT2D eigenvalue weighted by Crippen LogP contribution is -2.27. The number of hydrogen-bond donors (Lipinski definition) is 2. The third kappa shape index (κ3) is 5.87. The number of amides is 2. The van der Waals surface area contributed by atoms with Crippen LogP contribution in [0.15, 0.2) is 29.2 Å². The van der Waals surface area contributed by atoms with Crippen molar-refractivity contribution < 1.29 is 9.59 Å². The first-order chi connectivity index (χ1) is 12.9. The number of nitrogens with two attached hydrogens (primary N) is 1. The van der Waals surface area contributed by atoms with Crippen molar-refractivity contribution in [3.63, 3.8) is 0 Å². The van der Waals surface area contributed by atoms with Crippen LogP contribution in [0.3, 0.4) is 0 Å². The standard InChI is InChI=1S/C19H22ClN3O2S2.ClH/c1-23-9-8-14-15(11-23)27-19(17(14)18(21)25)22-16(24)3-2-10-26-13-6-4-12(20)5-7-13;/h4-7H,2-3,8-11H2,1H3,(H2,21,25)(H,22,24);1H. The first-order valence-corrected chi connectivity index (χ1v) is 10.9. The fraction of sp³-hybridized carbons (Fsp3) is 0.368. The van der Waals surface area contributed by atoms with Crippen molar-refractivity contribution in [2.24, 2.45) is 5.73 Å². The number of nitrogens with zero attached hydrogens (tertiary/aromatic N) is 1. The Morgan fingerprint density at radius 3 is 2.71 bits per heavy atom. The van der Waals surface area contributed by atoms with Crippen molar-refractivity contribution in [2.75, 3.05) is 24.7 Å². The van der Waals surface area contributed by atoms with Crippen LogP contribution in [0.4, 0.5) is 5.00 Å². The third-order valence-corrected chi connectivity index (χ3v) is 6.86. The first-order valence-electron chi connectivity index (χ1n) is 8.75. The first kappa shape index (κ1) is 23.0. The minimum atomic E-state index is -0.467. The third-order valence-electron chi connectivity index (χ3n) is 4.38. The van der Waals surface area contributed by atoms with Gasteiger partial charge >= 0.3 is 0 Å². The molecule has 1 aromatic carbocycles. The van der Waals surface area contributed by atoms with E-state index in [-0.39, 0.29) is 18.3 Å². The molecule has 3 N–H and O–H groups in total. The normalized spacial score (nSPS) is 13.5. The second-order valence-corrected chi connectivity index (χ2v) is 9.22. The van der Waals surface area contributed by atoms with Crippen molar-refractivity contribution in [2.45, 2.75) is 30.7 Å². The Balaban J connectivity index is 0.00000280. The van der Waals surface area contributed by atoms with Crippen LogP contribution in [0.25, 0.3) is 0 Å². The largest absolute Gasteiger partial charge is 0.365 e. The Morgan fingerprint density at radius 2 is 2.04 bits per heavy atom. The highest BCUT2D eigenvalue weighted by molar-refractivity contribution is 7.99. The molecule has 2 heterocycles. The number of hydrogen-bond acceptors (Lipinski definition) is 5. The molecule has 3 rings (SSSR count). The molecule has 1 aliphatic heterocycles. The van der Waals surface area contributed by atoms with E-state index in [0.717, 1.165) is 47.0 Å². The number of halogens is 2. The van der Waals surface area contributed by atoms with Gasteiger partial charge in [0.25, 0.3) is 5.91 Å². The summed E-state index contributed by atoms with van der Waals surface area (Å²) >= 11 is 9.04. The average molecular weight is 460 g/mol. The summed E-state index contributed by atoms with van der Waals surface area (Å²) < 4.78 is 0. The number of rotatable bonds is 7. The molecule has 9 heteroatoms. The Morgan fingerprint density at radius 1 is 1.32 bits per heavy atom. The maximum Gasteiger partial charge on any atom is 0.251 e. The van der Waals surface area contributed by atoms with Gasteiger partial charge in [-0.2, -0.15) is 0 Å². The predicted octanol–water partition coefficient (Wildman–Crippen LogP) is 4.42. The van der Waals surface area contributed by atoms with Crippen molar-refractivity contribution in [1.82, 2.24) is 4.90 Å². The lowest BCUT2D eigenvalue weighted by molar-refractivity contribution is -0.116. The number of nitrogens with one attached hydrogen (secondary N) is 1. The highest BCUT2D eigenvalue weighted by Gasteiger charge is 2.26. The lowest BCUT2D eigenvalue weighted by Gasteiger charge is -2.22. The number of carbonyl (C=O) groups is 2. The van der Waals surface area contributed by atoms with Crippen LogP contribution in [0.2, 0.25) is 5.02 Å². The van der Waals surface area contributed by atoms with E-state index >= 15 is 0 Å². The number of fused-ring (bicyclic) bond motifs is 1. The van der Waals surface area contributed by atoms with E-state index in [9.17, 15) is 9.59 Å². The summed E-state index contributed by atoms with van der Waals surface area (Å²) in [6.07, 6.45) is 1.94. The topological polar surface area (TPSA) is 75.4 Å². The molecule has 0 aliphatic carbocycles. The number of anilines is 1. The van der Waals surface area contributed by atoms with Gasteiger partial charge in [-0.25, -0.2) is 0 Å². The highest BCUT2D eigenvalue weighted by atomic mass is 35.5. The summed E-state index contributed by atoms with van der Waals surface area (Å²) in [6, 6.07) is 7.66. The molecular weight excluding hydrogens is 437 g/mol. The molecule has 1 aliphatic rings. The predicted molar refractivity (Wildman–Crippen MR) is 120 cm³/mol. The summed E-state index contributed by atoms with van der Waals surface area (Å²) in [5.41, 5.74) is 7.07. The van der Waals surface area contributed by atoms with Gasteiger partial charge in [-0.15, -0.1) is 35.5 Å². The summed E-state index contributed by atoms with van der Waals surface area (Å²) in [4.78, 5) is 28.7. The molecule has 152 valence electrons. The summed E-state index contributed by atoms with van der Waals surface area (Å²) in [5.74, 6) is 0.288. The van der Waals surface area contributed by atoms with Gasteiger partial charge in [-0.3, -0.25) is 9.59 Å². The van der Waals surface area contributed by atoms with Crippen molar-refractivity contribution in [3.05, 3.63) is 45.3 Å². The molecule has 0 saturated heterocycles. The van der Waals surface area contributed by atoms with E-state index in [1.54, 1.807) is 11.8 Å². The van der Waals surface area contributed by atoms with Crippen LogP contribution in [-0.2, 0) is 17.8 Å². The zero-order chi connectivity index (χ0) is 19.4. The molecule has 0 saturated carbocycles. The maximum atomic E-state index is 12.3. The molecule has 0 atom stereocenters. The minimum Gasteiger partial charge on any atom is -0.365 e. The zero-order valence-corrected chi connectivity index (χ0v) is 18.7.